The van der Waals surface area contributed by atoms with Crippen LogP contribution in [0.2, 0.25) is 0 Å². The Balaban J connectivity index is 1.51. The average Bonchev–Trinajstić information content (AvgIpc) is 3.12. The number of aryl methyl sites for hydroxylation is 1. The van der Waals surface area contributed by atoms with Crippen molar-refractivity contribution in [3.63, 3.8) is 0 Å². The molecule has 0 bridgehead atoms. The summed E-state index contributed by atoms with van der Waals surface area (Å²) < 4.78 is 10.5. The van der Waals surface area contributed by atoms with Crippen LogP contribution in [0.3, 0.4) is 0 Å². The SMILES string of the molecule is Cc1nc(COc2ccc(/C=C(/Cl)c3nc4ccccc4c(=O)[nH]3)cc2)no1. The highest BCUT2D eigenvalue weighted by Gasteiger charge is 2.07. The first kappa shape index (κ1) is 17.9. The maximum absolute atomic E-state index is 12.2. The summed E-state index contributed by atoms with van der Waals surface area (Å²) in [7, 11) is 0. The predicted octanol–water partition coefficient (Wildman–Crippen LogP) is 3.93. The van der Waals surface area contributed by atoms with Crippen molar-refractivity contribution in [2.45, 2.75) is 13.5 Å². The molecule has 4 rings (SSSR count). The summed E-state index contributed by atoms with van der Waals surface area (Å²) in [5.41, 5.74) is 1.20. The Morgan fingerprint density at radius 1 is 1.18 bits per heavy atom. The third-order valence-corrected chi connectivity index (χ3v) is 4.24. The number of aromatic amines is 1. The van der Waals surface area contributed by atoms with Gasteiger partial charge in [0.05, 0.1) is 15.9 Å². The first-order valence-electron chi connectivity index (χ1n) is 8.47. The Morgan fingerprint density at radius 2 is 1.96 bits per heavy atom. The van der Waals surface area contributed by atoms with Crippen molar-refractivity contribution in [1.29, 1.82) is 0 Å². The van der Waals surface area contributed by atoms with Gasteiger partial charge in [-0.05, 0) is 35.9 Å². The number of H-pyrrole nitrogens is 1. The Kier molecular flexibility index (Phi) is 4.90. The summed E-state index contributed by atoms with van der Waals surface area (Å²) in [6, 6.07) is 14.4. The molecule has 8 heteroatoms. The number of nitrogens with one attached hydrogen (secondary N) is 1. The minimum absolute atomic E-state index is 0.218. The molecule has 0 saturated heterocycles. The molecular formula is C20H15ClN4O3. The predicted molar refractivity (Wildman–Crippen MR) is 106 cm³/mol. The van der Waals surface area contributed by atoms with E-state index < -0.39 is 0 Å². The highest BCUT2D eigenvalue weighted by Crippen LogP contribution is 2.21. The van der Waals surface area contributed by atoms with Crippen LogP contribution in [0, 0.1) is 6.92 Å². The largest absolute Gasteiger partial charge is 0.485 e. The van der Waals surface area contributed by atoms with Crippen LogP contribution >= 0.6 is 11.6 Å². The Bertz CT molecular complexity index is 1210. The van der Waals surface area contributed by atoms with Gasteiger partial charge >= 0.3 is 0 Å². The van der Waals surface area contributed by atoms with Crippen LogP contribution in [0.15, 0.2) is 57.8 Å². The highest BCUT2D eigenvalue weighted by atomic mass is 35.5. The van der Waals surface area contributed by atoms with E-state index in [1.54, 1.807) is 43.3 Å². The van der Waals surface area contributed by atoms with Gasteiger partial charge in [-0.15, -0.1) is 0 Å². The maximum Gasteiger partial charge on any atom is 0.259 e. The summed E-state index contributed by atoms with van der Waals surface area (Å²) in [6.45, 7) is 1.94. The van der Waals surface area contributed by atoms with Gasteiger partial charge in [-0.1, -0.05) is 41.0 Å². The van der Waals surface area contributed by atoms with Crippen LogP contribution in [0.4, 0.5) is 0 Å². The molecule has 0 aliphatic rings. The van der Waals surface area contributed by atoms with E-state index in [-0.39, 0.29) is 12.2 Å². The van der Waals surface area contributed by atoms with E-state index in [1.165, 1.54) is 0 Å². The lowest BCUT2D eigenvalue weighted by Gasteiger charge is -2.04. The molecule has 2 aromatic heterocycles. The van der Waals surface area contributed by atoms with Gasteiger partial charge in [0.15, 0.2) is 12.4 Å². The lowest BCUT2D eigenvalue weighted by atomic mass is 10.2. The molecule has 4 aromatic rings. The number of benzene rings is 2. The van der Waals surface area contributed by atoms with Crippen molar-refractivity contribution in [3.05, 3.63) is 82.0 Å². The van der Waals surface area contributed by atoms with Crippen molar-refractivity contribution in [3.8, 4) is 5.75 Å². The molecule has 0 unspecified atom stereocenters. The smallest absolute Gasteiger partial charge is 0.259 e. The monoisotopic (exact) mass is 394 g/mol. The number of ether oxygens (including phenoxy) is 1. The first-order valence-corrected chi connectivity index (χ1v) is 8.85. The van der Waals surface area contributed by atoms with Crippen molar-refractivity contribution in [1.82, 2.24) is 20.1 Å². The van der Waals surface area contributed by atoms with Crippen LogP contribution in [-0.4, -0.2) is 20.1 Å². The number of aromatic nitrogens is 4. The zero-order valence-electron chi connectivity index (χ0n) is 14.8. The number of nitrogens with zero attached hydrogens (tertiary/aromatic N) is 3. The van der Waals surface area contributed by atoms with Gasteiger partial charge in [-0.3, -0.25) is 4.79 Å². The molecule has 0 amide bonds. The van der Waals surface area contributed by atoms with Gasteiger partial charge in [-0.2, -0.15) is 4.98 Å². The fraction of sp³-hybridized carbons (Fsp3) is 0.100. The fourth-order valence-electron chi connectivity index (χ4n) is 2.62. The van der Waals surface area contributed by atoms with Crippen molar-refractivity contribution < 1.29 is 9.26 Å². The molecule has 0 aliphatic carbocycles. The summed E-state index contributed by atoms with van der Waals surface area (Å²) in [4.78, 5) is 23.4. The number of halogens is 1. The molecule has 28 heavy (non-hydrogen) atoms. The second-order valence-electron chi connectivity index (χ2n) is 6.01. The number of rotatable bonds is 5. The minimum atomic E-state index is -0.229. The lowest BCUT2D eigenvalue weighted by molar-refractivity contribution is 0.285. The molecular weight excluding hydrogens is 380 g/mol. The standard InChI is InChI=1S/C20H15ClN4O3/c1-12-22-18(25-28-12)11-27-14-8-6-13(7-9-14)10-16(21)19-23-17-5-3-2-4-15(17)20(26)24-19/h2-10H,11H2,1H3,(H,23,24,26)/b16-10+. The Labute approximate surface area is 164 Å². The number of hydrogen-bond acceptors (Lipinski definition) is 6. The average molecular weight is 395 g/mol. The van der Waals surface area contributed by atoms with E-state index >= 15 is 0 Å². The molecule has 0 spiro atoms. The van der Waals surface area contributed by atoms with Gasteiger partial charge in [0, 0.05) is 6.92 Å². The van der Waals surface area contributed by atoms with E-state index in [2.05, 4.69) is 20.1 Å². The number of fused-ring (bicyclic) bond motifs is 1. The van der Waals surface area contributed by atoms with Gasteiger partial charge in [-0.25, -0.2) is 4.98 Å². The van der Waals surface area contributed by atoms with Gasteiger partial charge in [0.2, 0.25) is 11.7 Å². The summed E-state index contributed by atoms with van der Waals surface area (Å²) in [5, 5.41) is 4.63. The molecule has 7 nitrogen and oxygen atoms in total. The summed E-state index contributed by atoms with van der Waals surface area (Å²) in [5.74, 6) is 1.95. The van der Waals surface area contributed by atoms with Crippen LogP contribution in [0.25, 0.3) is 22.0 Å². The second kappa shape index (κ2) is 7.66. The van der Waals surface area contributed by atoms with Crippen LogP contribution in [0.5, 0.6) is 5.75 Å². The highest BCUT2D eigenvalue weighted by molar-refractivity contribution is 6.50. The Hall–Kier alpha value is -3.45. The molecule has 0 radical (unpaired) electrons. The second-order valence-corrected chi connectivity index (χ2v) is 6.42. The molecule has 2 heterocycles. The van der Waals surface area contributed by atoms with E-state index in [0.29, 0.717) is 39.2 Å². The molecule has 0 atom stereocenters. The quantitative estimate of drug-likeness (QED) is 0.551. The van der Waals surface area contributed by atoms with Crippen molar-refractivity contribution in [2.75, 3.05) is 0 Å². The Morgan fingerprint density at radius 3 is 2.71 bits per heavy atom. The van der Waals surface area contributed by atoms with E-state index in [0.717, 1.165) is 5.56 Å². The van der Waals surface area contributed by atoms with Crippen LogP contribution < -0.4 is 10.3 Å². The van der Waals surface area contributed by atoms with Crippen molar-refractivity contribution >= 4 is 33.6 Å². The third-order valence-electron chi connectivity index (χ3n) is 3.95. The zero-order valence-corrected chi connectivity index (χ0v) is 15.6. The van der Waals surface area contributed by atoms with Gasteiger partial charge < -0.3 is 14.2 Å². The molecule has 0 saturated carbocycles. The molecule has 0 aliphatic heterocycles. The summed E-state index contributed by atoms with van der Waals surface area (Å²) in [6.07, 6.45) is 1.72. The molecule has 2 aromatic carbocycles. The maximum atomic E-state index is 12.2. The zero-order chi connectivity index (χ0) is 19.5. The van der Waals surface area contributed by atoms with E-state index in [4.69, 9.17) is 20.9 Å². The topological polar surface area (TPSA) is 93.9 Å². The fourth-order valence-corrected chi connectivity index (χ4v) is 2.84. The molecule has 1 N–H and O–H groups in total. The van der Waals surface area contributed by atoms with Crippen molar-refractivity contribution in [2.24, 2.45) is 0 Å². The van der Waals surface area contributed by atoms with Gasteiger partial charge in [0.1, 0.15) is 5.75 Å². The van der Waals surface area contributed by atoms with Crippen LogP contribution in [0.1, 0.15) is 23.1 Å². The molecule has 140 valence electrons. The van der Waals surface area contributed by atoms with E-state index in [9.17, 15) is 4.79 Å². The van der Waals surface area contributed by atoms with E-state index in [1.807, 2.05) is 18.2 Å². The number of hydrogen-bond donors (Lipinski definition) is 1. The first-order chi connectivity index (χ1) is 13.6. The summed E-state index contributed by atoms with van der Waals surface area (Å²) >= 11 is 6.37. The molecule has 0 fully saturated rings. The third kappa shape index (κ3) is 3.94. The minimum Gasteiger partial charge on any atom is -0.485 e. The lowest BCUT2D eigenvalue weighted by Crippen LogP contribution is -2.10. The number of para-hydroxylation sites is 1. The van der Waals surface area contributed by atoms with Crippen LogP contribution in [-0.2, 0) is 6.61 Å². The normalized spacial score (nSPS) is 11.7. The van der Waals surface area contributed by atoms with Gasteiger partial charge in [0.25, 0.3) is 5.56 Å².